The van der Waals surface area contributed by atoms with Crippen LogP contribution in [0.3, 0.4) is 0 Å². The van der Waals surface area contributed by atoms with Gasteiger partial charge in [0, 0.05) is 0 Å². The van der Waals surface area contributed by atoms with Crippen LogP contribution in [0.15, 0.2) is 11.5 Å². The topological polar surface area (TPSA) is 99.1 Å². The Morgan fingerprint density at radius 2 is 2.38 bits per heavy atom. The van der Waals surface area contributed by atoms with E-state index in [1.807, 2.05) is 0 Å². The highest BCUT2D eigenvalue weighted by atomic mass is 16.6. The fourth-order valence-corrected chi connectivity index (χ4v) is 0.985. The van der Waals surface area contributed by atoms with E-state index in [-0.39, 0.29) is 0 Å². The monoisotopic (exact) mass is 189 g/mol. The first-order valence-electron chi connectivity index (χ1n) is 3.57. The number of aliphatic hydroxyl groups excluding tert-OH is 2. The standard InChI is InChI=1S/C7H10O6/c1-12-6-4(10)5(3(9)2-8)13-7(6)11/h3,5,8-10H,2H2,1H3/p-1/t3-,5+/m0/s1. The van der Waals surface area contributed by atoms with Crippen LogP contribution in [0.1, 0.15) is 0 Å². The predicted octanol–water partition coefficient (Wildman–Crippen LogP) is -2.52. The van der Waals surface area contributed by atoms with Crippen molar-refractivity contribution in [2.45, 2.75) is 12.2 Å². The van der Waals surface area contributed by atoms with Crippen molar-refractivity contribution in [3.05, 3.63) is 11.5 Å². The van der Waals surface area contributed by atoms with Gasteiger partial charge in [-0.15, -0.1) is 0 Å². The third-order valence-corrected chi connectivity index (χ3v) is 1.64. The third kappa shape index (κ3) is 1.58. The van der Waals surface area contributed by atoms with Crippen molar-refractivity contribution in [2.24, 2.45) is 0 Å². The van der Waals surface area contributed by atoms with Crippen molar-refractivity contribution in [3.8, 4) is 0 Å². The molecular weight excluding hydrogens is 180 g/mol. The molecule has 0 saturated carbocycles. The lowest BCUT2D eigenvalue weighted by molar-refractivity contribution is -0.324. The molecule has 1 rings (SSSR count). The largest absolute Gasteiger partial charge is 0.870 e. The van der Waals surface area contributed by atoms with Gasteiger partial charge in [0.2, 0.25) is 0 Å². The van der Waals surface area contributed by atoms with Crippen LogP contribution in [-0.2, 0) is 14.3 Å². The number of methoxy groups -OCH3 is 1. The molecule has 6 nitrogen and oxygen atoms in total. The van der Waals surface area contributed by atoms with Crippen molar-refractivity contribution < 1.29 is 29.6 Å². The molecule has 0 aromatic heterocycles. The minimum absolute atomic E-state index is 0.447. The van der Waals surface area contributed by atoms with Crippen LogP contribution in [0.25, 0.3) is 0 Å². The number of rotatable bonds is 3. The van der Waals surface area contributed by atoms with Crippen LogP contribution in [-0.4, -0.2) is 42.1 Å². The summed E-state index contributed by atoms with van der Waals surface area (Å²) in [6.07, 6.45) is -2.74. The van der Waals surface area contributed by atoms with Gasteiger partial charge in [-0.2, -0.15) is 0 Å². The lowest BCUT2D eigenvalue weighted by Gasteiger charge is -2.20. The van der Waals surface area contributed by atoms with E-state index in [0.717, 1.165) is 7.11 Å². The highest BCUT2D eigenvalue weighted by Crippen LogP contribution is 2.21. The Kier molecular flexibility index (Phi) is 2.74. The molecule has 0 fully saturated rings. The molecule has 2 N–H and O–H groups in total. The molecule has 0 amide bonds. The second kappa shape index (κ2) is 3.63. The van der Waals surface area contributed by atoms with Crippen molar-refractivity contribution in [2.75, 3.05) is 13.7 Å². The molecule has 0 aromatic carbocycles. The van der Waals surface area contributed by atoms with Crippen molar-refractivity contribution in [1.29, 1.82) is 0 Å². The maximum atomic E-state index is 11.2. The molecule has 1 heterocycles. The zero-order valence-electron chi connectivity index (χ0n) is 6.89. The molecule has 0 aromatic rings. The molecule has 1 aliphatic rings. The average molecular weight is 189 g/mol. The summed E-state index contributed by atoms with van der Waals surface area (Å²) in [4.78, 5) is 10.8. The zero-order valence-corrected chi connectivity index (χ0v) is 6.89. The second-order valence-corrected chi connectivity index (χ2v) is 2.47. The summed E-state index contributed by atoms with van der Waals surface area (Å²) in [7, 11) is 1.15. The van der Waals surface area contributed by atoms with E-state index in [1.165, 1.54) is 0 Å². The van der Waals surface area contributed by atoms with Gasteiger partial charge in [-0.1, -0.05) is 0 Å². The first-order chi connectivity index (χ1) is 6.11. The molecule has 13 heavy (non-hydrogen) atoms. The summed E-state index contributed by atoms with van der Waals surface area (Å²) in [6.45, 7) is -0.652. The number of carbonyl (C=O) groups is 1. The molecule has 2 atom stereocenters. The van der Waals surface area contributed by atoms with Gasteiger partial charge in [0.15, 0.2) is 5.76 Å². The zero-order chi connectivity index (χ0) is 10.0. The van der Waals surface area contributed by atoms with Gasteiger partial charge < -0.3 is 24.8 Å². The molecule has 0 aliphatic carbocycles. The predicted molar refractivity (Wildman–Crippen MR) is 37.0 cm³/mol. The summed E-state index contributed by atoms with van der Waals surface area (Å²) < 4.78 is 8.93. The second-order valence-electron chi connectivity index (χ2n) is 2.47. The smallest absolute Gasteiger partial charge is 0.373 e. The number of carbonyl (C=O) groups excluding carboxylic acids is 1. The molecule has 74 valence electrons. The van der Waals surface area contributed by atoms with Crippen molar-refractivity contribution in [3.63, 3.8) is 0 Å². The minimum Gasteiger partial charge on any atom is -0.870 e. The fourth-order valence-electron chi connectivity index (χ4n) is 0.985. The molecule has 1 aliphatic heterocycles. The Morgan fingerprint density at radius 3 is 2.77 bits per heavy atom. The Labute approximate surface area is 74.0 Å². The quantitative estimate of drug-likeness (QED) is 0.475. The van der Waals surface area contributed by atoms with Crippen LogP contribution in [0.2, 0.25) is 0 Å². The van der Waals surface area contributed by atoms with Crippen LogP contribution in [0, 0.1) is 0 Å². The number of cyclic esters (lactones) is 1. The highest BCUT2D eigenvalue weighted by Gasteiger charge is 2.33. The first kappa shape index (κ1) is 9.82. The molecule has 0 saturated heterocycles. The van der Waals surface area contributed by atoms with E-state index in [1.54, 1.807) is 0 Å². The number of hydrogen-bond acceptors (Lipinski definition) is 6. The summed E-state index contributed by atoms with van der Waals surface area (Å²) >= 11 is 0. The van der Waals surface area contributed by atoms with Gasteiger partial charge in [-0.3, -0.25) is 0 Å². The number of aliphatic hydroxyl groups is 2. The molecular formula is C7H9O6-. The number of hydrogen-bond donors (Lipinski definition) is 2. The van der Waals surface area contributed by atoms with Crippen molar-refractivity contribution >= 4 is 5.97 Å². The maximum Gasteiger partial charge on any atom is 0.373 e. The normalized spacial score (nSPS) is 24.5. The van der Waals surface area contributed by atoms with Gasteiger partial charge in [0.25, 0.3) is 0 Å². The van der Waals surface area contributed by atoms with Crippen LogP contribution in [0.4, 0.5) is 0 Å². The average Bonchev–Trinajstić information content (AvgIpc) is 2.40. The van der Waals surface area contributed by atoms with Crippen LogP contribution >= 0.6 is 0 Å². The lowest BCUT2D eigenvalue weighted by atomic mass is 10.2. The molecule has 0 radical (unpaired) electrons. The van der Waals surface area contributed by atoms with E-state index in [4.69, 9.17) is 10.2 Å². The van der Waals surface area contributed by atoms with Gasteiger partial charge >= 0.3 is 5.97 Å². The SMILES string of the molecule is COC1=C([O-])[C@@H]([C@@H](O)CO)OC1=O. The Hall–Kier alpha value is -1.27. The first-order valence-corrected chi connectivity index (χ1v) is 3.57. The fraction of sp³-hybridized carbons (Fsp3) is 0.571. The van der Waals surface area contributed by atoms with E-state index in [9.17, 15) is 9.90 Å². The van der Waals surface area contributed by atoms with E-state index >= 15 is 0 Å². The molecule has 6 heteroatoms. The summed E-state index contributed by atoms with van der Waals surface area (Å²) in [5, 5.41) is 28.7. The lowest BCUT2D eigenvalue weighted by Crippen LogP contribution is -2.35. The van der Waals surface area contributed by atoms with E-state index < -0.39 is 36.3 Å². The van der Waals surface area contributed by atoms with E-state index in [2.05, 4.69) is 9.47 Å². The maximum absolute atomic E-state index is 11.2. The number of esters is 1. The number of ether oxygens (including phenoxy) is 2. The summed E-state index contributed by atoms with van der Waals surface area (Å²) in [5.74, 6) is -2.10. The summed E-state index contributed by atoms with van der Waals surface area (Å²) in [5.41, 5.74) is 0. The van der Waals surface area contributed by atoms with Gasteiger partial charge in [-0.05, 0) is 5.76 Å². The Bertz CT molecular complexity index is 245. The Balaban J connectivity index is 2.84. The molecule has 0 spiro atoms. The van der Waals surface area contributed by atoms with Crippen LogP contribution in [0.5, 0.6) is 0 Å². The third-order valence-electron chi connectivity index (χ3n) is 1.64. The molecule has 0 bridgehead atoms. The van der Waals surface area contributed by atoms with Gasteiger partial charge in [0.05, 0.1) is 13.7 Å². The highest BCUT2D eigenvalue weighted by molar-refractivity contribution is 5.89. The Morgan fingerprint density at radius 1 is 1.77 bits per heavy atom. The van der Waals surface area contributed by atoms with Crippen molar-refractivity contribution in [1.82, 2.24) is 0 Å². The minimum atomic E-state index is -1.40. The van der Waals surface area contributed by atoms with Gasteiger partial charge in [-0.25, -0.2) is 4.79 Å². The summed E-state index contributed by atoms with van der Waals surface area (Å²) in [6, 6.07) is 0. The van der Waals surface area contributed by atoms with Crippen LogP contribution < -0.4 is 5.11 Å². The molecule has 0 unspecified atom stereocenters. The van der Waals surface area contributed by atoms with E-state index in [0.29, 0.717) is 0 Å². The van der Waals surface area contributed by atoms with Gasteiger partial charge in [0.1, 0.15) is 12.2 Å².